The fraction of sp³-hybridized carbons (Fsp3) is 0.208. The molecule has 0 spiro atoms. The number of carbonyl (C=O) groups excluding carboxylic acids is 2. The molecule has 8 heteroatoms. The van der Waals surface area contributed by atoms with E-state index in [0.29, 0.717) is 17.1 Å². The van der Waals surface area contributed by atoms with Crippen molar-refractivity contribution in [1.82, 2.24) is 5.32 Å². The van der Waals surface area contributed by atoms with Crippen LogP contribution in [0.4, 0.5) is 16.2 Å². The lowest BCUT2D eigenvalue weighted by atomic mass is 9.98. The van der Waals surface area contributed by atoms with E-state index in [0.717, 1.165) is 10.8 Å². The van der Waals surface area contributed by atoms with E-state index in [1.54, 1.807) is 43.3 Å². The minimum Gasteiger partial charge on any atom is -0.480 e. The van der Waals surface area contributed by atoms with Crippen LogP contribution in [0.2, 0.25) is 5.02 Å². The van der Waals surface area contributed by atoms with E-state index >= 15 is 0 Å². The molecule has 0 fully saturated rings. The van der Waals surface area contributed by atoms with Crippen LogP contribution in [0.25, 0.3) is 10.8 Å². The van der Waals surface area contributed by atoms with Gasteiger partial charge in [-0.05, 0) is 41.0 Å². The second-order valence-electron chi connectivity index (χ2n) is 7.48. The van der Waals surface area contributed by atoms with Gasteiger partial charge in [-0.25, -0.2) is 9.59 Å². The van der Waals surface area contributed by atoms with Gasteiger partial charge in [0.15, 0.2) is 0 Å². The molecule has 7 nitrogen and oxygen atoms in total. The Morgan fingerprint density at radius 3 is 2.16 bits per heavy atom. The first-order chi connectivity index (χ1) is 15.3. The summed E-state index contributed by atoms with van der Waals surface area (Å²) in [6.07, 6.45) is 0.584. The highest BCUT2D eigenvalue weighted by Crippen LogP contribution is 2.26. The van der Waals surface area contributed by atoms with Gasteiger partial charge in [0.2, 0.25) is 0 Å². The summed E-state index contributed by atoms with van der Waals surface area (Å²) >= 11 is 6.10. The zero-order valence-corrected chi connectivity index (χ0v) is 18.4. The number of anilines is 2. The topological polar surface area (TPSA) is 108 Å². The van der Waals surface area contributed by atoms with Gasteiger partial charge in [-0.15, -0.1) is 0 Å². The number of carboxylic acids is 1. The normalized spacial score (nSPS) is 12.6. The van der Waals surface area contributed by atoms with Crippen molar-refractivity contribution in [1.29, 1.82) is 0 Å². The van der Waals surface area contributed by atoms with Gasteiger partial charge >= 0.3 is 12.0 Å². The van der Waals surface area contributed by atoms with Crippen LogP contribution < -0.4 is 16.0 Å². The molecule has 0 aromatic heterocycles. The molecule has 3 amide bonds. The Bertz CT molecular complexity index is 1160. The lowest BCUT2D eigenvalue weighted by Crippen LogP contribution is -2.45. The van der Waals surface area contributed by atoms with E-state index in [1.807, 2.05) is 31.2 Å². The molecular formula is C24H24ClN3O4. The van der Waals surface area contributed by atoms with Gasteiger partial charge in [-0.3, -0.25) is 4.79 Å². The van der Waals surface area contributed by atoms with Crippen molar-refractivity contribution in [2.45, 2.75) is 26.3 Å². The molecule has 0 aliphatic heterocycles. The van der Waals surface area contributed by atoms with Crippen LogP contribution in [0.5, 0.6) is 0 Å². The number of para-hydroxylation sites is 1. The molecule has 0 aliphatic rings. The van der Waals surface area contributed by atoms with Crippen LogP contribution >= 0.6 is 11.6 Å². The number of halogens is 1. The first-order valence-electron chi connectivity index (χ1n) is 10.2. The molecule has 0 radical (unpaired) electrons. The molecule has 0 aliphatic carbocycles. The van der Waals surface area contributed by atoms with Gasteiger partial charge in [0.25, 0.3) is 5.91 Å². The van der Waals surface area contributed by atoms with Crippen molar-refractivity contribution < 1.29 is 19.5 Å². The third-order valence-electron chi connectivity index (χ3n) is 5.27. The van der Waals surface area contributed by atoms with Crippen LogP contribution in [-0.4, -0.2) is 29.1 Å². The van der Waals surface area contributed by atoms with Crippen molar-refractivity contribution >= 4 is 51.7 Å². The van der Waals surface area contributed by atoms with Crippen molar-refractivity contribution in [2.75, 3.05) is 10.6 Å². The number of rotatable bonds is 7. The Morgan fingerprint density at radius 2 is 1.53 bits per heavy atom. The van der Waals surface area contributed by atoms with Crippen molar-refractivity contribution in [3.8, 4) is 0 Å². The highest BCUT2D eigenvalue weighted by Gasteiger charge is 2.27. The van der Waals surface area contributed by atoms with Gasteiger partial charge in [0, 0.05) is 0 Å². The number of hydrogen-bond donors (Lipinski definition) is 4. The Morgan fingerprint density at radius 1 is 0.938 bits per heavy atom. The Balaban J connectivity index is 1.93. The van der Waals surface area contributed by atoms with Crippen molar-refractivity contribution in [3.63, 3.8) is 0 Å². The predicted octanol–water partition coefficient (Wildman–Crippen LogP) is 5.37. The lowest BCUT2D eigenvalue weighted by Gasteiger charge is -2.21. The summed E-state index contributed by atoms with van der Waals surface area (Å²) in [5.41, 5.74) is 0.827. The molecule has 3 rings (SSSR count). The molecule has 3 aromatic carbocycles. The van der Waals surface area contributed by atoms with Crippen LogP contribution in [0.15, 0.2) is 60.7 Å². The maximum Gasteiger partial charge on any atom is 0.326 e. The second kappa shape index (κ2) is 10.2. The Labute approximate surface area is 190 Å². The van der Waals surface area contributed by atoms with Gasteiger partial charge in [0.05, 0.1) is 22.0 Å². The molecule has 0 heterocycles. The minimum atomic E-state index is -1.11. The first-order valence-corrected chi connectivity index (χ1v) is 10.6. The molecule has 166 valence electrons. The van der Waals surface area contributed by atoms with E-state index in [-0.39, 0.29) is 17.2 Å². The number of carbonyl (C=O) groups is 3. The maximum atomic E-state index is 13.1. The number of aliphatic carboxylic acids is 1. The summed E-state index contributed by atoms with van der Waals surface area (Å²) in [5.74, 6) is -1.97. The van der Waals surface area contributed by atoms with Crippen molar-refractivity contribution in [3.05, 3.63) is 71.2 Å². The highest BCUT2D eigenvalue weighted by atomic mass is 35.5. The first kappa shape index (κ1) is 23.1. The molecule has 2 atom stereocenters. The fourth-order valence-electron chi connectivity index (χ4n) is 3.27. The van der Waals surface area contributed by atoms with E-state index in [4.69, 9.17) is 11.6 Å². The molecule has 4 N–H and O–H groups in total. The summed E-state index contributed by atoms with van der Waals surface area (Å²) in [7, 11) is 0. The van der Waals surface area contributed by atoms with Crippen LogP contribution in [0, 0.1) is 5.92 Å². The monoisotopic (exact) mass is 453 g/mol. The molecule has 0 bridgehead atoms. The average Bonchev–Trinajstić information content (AvgIpc) is 2.77. The van der Waals surface area contributed by atoms with E-state index < -0.39 is 23.9 Å². The van der Waals surface area contributed by atoms with Crippen LogP contribution in [0.1, 0.15) is 30.6 Å². The highest BCUT2D eigenvalue weighted by molar-refractivity contribution is 6.33. The van der Waals surface area contributed by atoms with E-state index in [9.17, 15) is 19.5 Å². The summed E-state index contributed by atoms with van der Waals surface area (Å²) in [6.45, 7) is 3.62. The number of fused-ring (bicyclic) bond motifs is 1. The second-order valence-corrected chi connectivity index (χ2v) is 7.89. The number of carboxylic acid groups (broad SMARTS) is 1. The Hall–Kier alpha value is -3.58. The summed E-state index contributed by atoms with van der Waals surface area (Å²) in [4.78, 5) is 37.4. The fourth-order valence-corrected chi connectivity index (χ4v) is 3.46. The smallest absolute Gasteiger partial charge is 0.326 e. The largest absolute Gasteiger partial charge is 0.480 e. The minimum absolute atomic E-state index is 0.160. The average molecular weight is 454 g/mol. The van der Waals surface area contributed by atoms with E-state index in [1.165, 1.54) is 0 Å². The number of hydrogen-bond acceptors (Lipinski definition) is 3. The number of nitrogens with one attached hydrogen (secondary N) is 3. The number of urea groups is 1. The lowest BCUT2D eigenvalue weighted by molar-refractivity contribution is -0.140. The molecule has 3 aromatic rings. The molecule has 0 unspecified atom stereocenters. The van der Waals surface area contributed by atoms with Gasteiger partial charge in [-0.1, -0.05) is 68.3 Å². The van der Waals surface area contributed by atoms with Gasteiger partial charge in [0.1, 0.15) is 6.04 Å². The summed E-state index contributed by atoms with van der Waals surface area (Å²) in [5, 5.41) is 19.4. The molecule has 0 saturated carbocycles. The third kappa shape index (κ3) is 5.36. The third-order valence-corrected chi connectivity index (χ3v) is 5.60. The summed E-state index contributed by atoms with van der Waals surface area (Å²) in [6, 6.07) is 15.8. The van der Waals surface area contributed by atoms with Gasteiger partial charge < -0.3 is 21.1 Å². The SMILES string of the molecule is CC[C@H](C)[C@H](NC(=O)c1cc2ccccc2cc1NC(=O)Nc1ccccc1Cl)C(=O)O. The molecule has 32 heavy (non-hydrogen) atoms. The predicted molar refractivity (Wildman–Crippen MR) is 126 cm³/mol. The molecule has 0 saturated heterocycles. The summed E-state index contributed by atoms with van der Waals surface area (Å²) < 4.78 is 0. The maximum absolute atomic E-state index is 13.1. The van der Waals surface area contributed by atoms with E-state index in [2.05, 4.69) is 16.0 Å². The van der Waals surface area contributed by atoms with Crippen LogP contribution in [0.3, 0.4) is 0 Å². The standard InChI is InChI=1S/C24H24ClN3O4/c1-3-14(2)21(23(30)31)28-22(29)17-12-15-8-4-5-9-16(15)13-20(17)27-24(32)26-19-11-7-6-10-18(19)25/h4-14,21H,3H2,1-2H3,(H,28,29)(H,30,31)(H2,26,27,32)/t14-,21-/m0/s1. The number of benzene rings is 3. The zero-order chi connectivity index (χ0) is 23.3. The zero-order valence-electron chi connectivity index (χ0n) is 17.7. The molecular weight excluding hydrogens is 430 g/mol. The van der Waals surface area contributed by atoms with Gasteiger partial charge in [-0.2, -0.15) is 0 Å². The van der Waals surface area contributed by atoms with Crippen molar-refractivity contribution in [2.24, 2.45) is 5.92 Å². The quantitative estimate of drug-likeness (QED) is 0.386. The van der Waals surface area contributed by atoms with Crippen LogP contribution in [-0.2, 0) is 4.79 Å². The number of amides is 3. The Kier molecular flexibility index (Phi) is 7.33.